The molecule has 0 aliphatic heterocycles. The highest BCUT2D eigenvalue weighted by atomic mass is 35.5. The Kier molecular flexibility index (Phi) is 4.71. The van der Waals surface area contributed by atoms with Crippen LogP contribution in [0.2, 0.25) is 5.02 Å². The van der Waals surface area contributed by atoms with E-state index in [2.05, 4.69) is 20.3 Å². The van der Waals surface area contributed by atoms with E-state index >= 15 is 0 Å². The van der Waals surface area contributed by atoms with Crippen LogP contribution >= 0.6 is 11.6 Å². The summed E-state index contributed by atoms with van der Waals surface area (Å²) in [6, 6.07) is 12.4. The number of rotatable bonds is 5. The maximum atomic E-state index is 10.8. The predicted octanol–water partition coefficient (Wildman–Crippen LogP) is 3.22. The maximum absolute atomic E-state index is 10.8. The number of benzene rings is 1. The molecule has 3 N–H and O–H groups in total. The van der Waals surface area contributed by atoms with Crippen molar-refractivity contribution in [2.24, 2.45) is 0 Å². The fraction of sp³-hybridized carbons (Fsp3) is 0.0625. The number of nitrogens with two attached hydrogens (primary N) is 1. The monoisotopic (exact) mass is 356 g/mol. The molecule has 1 atom stereocenters. The highest BCUT2D eigenvalue weighted by molar-refractivity contribution is 6.30. The zero-order chi connectivity index (χ0) is 17.8. The van der Waals surface area contributed by atoms with E-state index in [9.17, 15) is 10.1 Å². The molecule has 3 rings (SSSR count). The van der Waals surface area contributed by atoms with Crippen LogP contribution in [0.15, 0.2) is 54.9 Å². The Hall–Kier alpha value is -3.26. The molecule has 0 saturated heterocycles. The lowest BCUT2D eigenvalue weighted by atomic mass is 10.0. The molecule has 0 spiro atoms. The van der Waals surface area contributed by atoms with Gasteiger partial charge in [0.2, 0.25) is 11.8 Å². The third-order valence-electron chi connectivity index (χ3n) is 3.43. The van der Waals surface area contributed by atoms with Crippen LogP contribution in [-0.4, -0.2) is 19.9 Å². The molecule has 0 aliphatic rings. The van der Waals surface area contributed by atoms with Gasteiger partial charge >= 0.3 is 5.69 Å². The Balaban J connectivity index is 1.98. The molecule has 2 heterocycles. The van der Waals surface area contributed by atoms with E-state index in [1.54, 1.807) is 24.4 Å². The summed E-state index contributed by atoms with van der Waals surface area (Å²) in [5.74, 6) is -0.0629. The van der Waals surface area contributed by atoms with Gasteiger partial charge in [0.1, 0.15) is 6.20 Å². The largest absolute Gasteiger partial charge is 0.378 e. The number of anilines is 2. The summed E-state index contributed by atoms with van der Waals surface area (Å²) >= 11 is 6.09. The molecular formula is C16H13ClN6O2. The van der Waals surface area contributed by atoms with Crippen LogP contribution in [0.25, 0.3) is 0 Å². The highest BCUT2D eigenvalue weighted by Gasteiger charge is 2.19. The van der Waals surface area contributed by atoms with Crippen LogP contribution < -0.4 is 11.1 Å². The fourth-order valence-electron chi connectivity index (χ4n) is 2.29. The van der Waals surface area contributed by atoms with Crippen LogP contribution in [0.5, 0.6) is 0 Å². The van der Waals surface area contributed by atoms with Gasteiger partial charge in [0.15, 0.2) is 0 Å². The van der Waals surface area contributed by atoms with E-state index in [1.165, 1.54) is 0 Å². The fourth-order valence-corrected chi connectivity index (χ4v) is 2.49. The van der Waals surface area contributed by atoms with Crippen molar-refractivity contribution in [2.75, 3.05) is 11.1 Å². The second-order valence-corrected chi connectivity index (χ2v) is 5.54. The zero-order valence-corrected chi connectivity index (χ0v) is 13.6. The lowest BCUT2D eigenvalue weighted by Crippen LogP contribution is -2.16. The standard InChI is InChI=1S/C16H13ClN6O2/c17-11-5-3-4-10(8-11)14(12-6-1-2-7-19-12)21-16-20-9-13(23(24)25)15(18)22-16/h1-9,14H,(H3,18,20,21,22). The van der Waals surface area contributed by atoms with Crippen molar-refractivity contribution < 1.29 is 4.92 Å². The second-order valence-electron chi connectivity index (χ2n) is 5.11. The van der Waals surface area contributed by atoms with Gasteiger partial charge in [-0.25, -0.2) is 4.98 Å². The Morgan fingerprint density at radius 2 is 2.04 bits per heavy atom. The average molecular weight is 357 g/mol. The molecule has 3 aromatic rings. The number of aromatic nitrogens is 3. The maximum Gasteiger partial charge on any atom is 0.329 e. The molecule has 1 unspecified atom stereocenters. The number of nitrogens with one attached hydrogen (secondary N) is 1. The van der Waals surface area contributed by atoms with Crippen molar-refractivity contribution in [3.8, 4) is 0 Å². The van der Waals surface area contributed by atoms with E-state index in [0.717, 1.165) is 11.8 Å². The van der Waals surface area contributed by atoms with Gasteiger partial charge in [0.25, 0.3) is 0 Å². The van der Waals surface area contributed by atoms with E-state index < -0.39 is 11.0 Å². The van der Waals surface area contributed by atoms with Crippen molar-refractivity contribution in [1.82, 2.24) is 15.0 Å². The number of hydrogen-bond acceptors (Lipinski definition) is 7. The van der Waals surface area contributed by atoms with Crippen molar-refractivity contribution in [2.45, 2.75) is 6.04 Å². The Labute approximate surface area is 147 Å². The molecule has 0 aliphatic carbocycles. The van der Waals surface area contributed by atoms with Crippen molar-refractivity contribution in [3.63, 3.8) is 0 Å². The van der Waals surface area contributed by atoms with Gasteiger partial charge in [-0.05, 0) is 29.8 Å². The zero-order valence-electron chi connectivity index (χ0n) is 12.8. The van der Waals surface area contributed by atoms with Crippen molar-refractivity contribution >= 4 is 29.1 Å². The van der Waals surface area contributed by atoms with Crippen LogP contribution in [0.1, 0.15) is 17.3 Å². The predicted molar refractivity (Wildman–Crippen MR) is 94.3 cm³/mol. The van der Waals surface area contributed by atoms with Gasteiger partial charge in [-0.1, -0.05) is 29.8 Å². The smallest absolute Gasteiger partial charge is 0.329 e. The first-order chi connectivity index (χ1) is 12.0. The van der Waals surface area contributed by atoms with Crippen LogP contribution in [0.3, 0.4) is 0 Å². The summed E-state index contributed by atoms with van der Waals surface area (Å²) < 4.78 is 0. The van der Waals surface area contributed by atoms with Crippen LogP contribution in [-0.2, 0) is 0 Å². The SMILES string of the molecule is Nc1nc(NC(c2cccc(Cl)c2)c2ccccn2)ncc1[N+](=O)[O-]. The normalized spacial score (nSPS) is 11.7. The summed E-state index contributed by atoms with van der Waals surface area (Å²) in [6.07, 6.45) is 2.73. The summed E-state index contributed by atoms with van der Waals surface area (Å²) in [7, 11) is 0. The molecule has 2 aromatic heterocycles. The van der Waals surface area contributed by atoms with E-state index in [4.69, 9.17) is 17.3 Å². The first-order valence-corrected chi connectivity index (χ1v) is 7.62. The van der Waals surface area contributed by atoms with Gasteiger partial charge in [0, 0.05) is 11.2 Å². The minimum absolute atomic E-state index is 0.152. The molecule has 0 radical (unpaired) electrons. The number of nitro groups is 1. The summed E-state index contributed by atoms with van der Waals surface area (Å²) in [5, 5.41) is 14.5. The number of hydrogen-bond donors (Lipinski definition) is 2. The molecule has 9 heteroatoms. The molecule has 0 bridgehead atoms. The number of halogens is 1. The highest BCUT2D eigenvalue weighted by Crippen LogP contribution is 2.27. The minimum Gasteiger partial charge on any atom is -0.378 e. The molecular weight excluding hydrogens is 344 g/mol. The molecule has 0 saturated carbocycles. The Morgan fingerprint density at radius 1 is 1.20 bits per heavy atom. The lowest BCUT2D eigenvalue weighted by molar-refractivity contribution is -0.384. The third-order valence-corrected chi connectivity index (χ3v) is 3.67. The minimum atomic E-state index is -0.633. The van der Waals surface area contributed by atoms with Crippen LogP contribution in [0, 0.1) is 10.1 Å². The Morgan fingerprint density at radius 3 is 2.68 bits per heavy atom. The number of pyridine rings is 1. The summed E-state index contributed by atoms with van der Waals surface area (Å²) in [4.78, 5) is 22.5. The van der Waals surface area contributed by atoms with Gasteiger partial charge in [0.05, 0.1) is 16.7 Å². The first-order valence-electron chi connectivity index (χ1n) is 7.24. The molecule has 8 nitrogen and oxygen atoms in total. The number of nitrogens with zero attached hydrogens (tertiary/aromatic N) is 4. The van der Waals surface area contributed by atoms with E-state index in [0.29, 0.717) is 10.7 Å². The number of nitrogen functional groups attached to an aromatic ring is 1. The van der Waals surface area contributed by atoms with Gasteiger partial charge < -0.3 is 11.1 Å². The molecule has 0 fully saturated rings. The van der Waals surface area contributed by atoms with E-state index in [-0.39, 0.29) is 17.5 Å². The Bertz CT molecular complexity index is 906. The van der Waals surface area contributed by atoms with Crippen LogP contribution in [0.4, 0.5) is 17.5 Å². The summed E-state index contributed by atoms with van der Waals surface area (Å²) in [6.45, 7) is 0. The average Bonchev–Trinajstić information content (AvgIpc) is 2.60. The van der Waals surface area contributed by atoms with Gasteiger partial charge in [-0.2, -0.15) is 4.98 Å². The van der Waals surface area contributed by atoms with Gasteiger partial charge in [-0.15, -0.1) is 0 Å². The molecule has 1 aromatic carbocycles. The second kappa shape index (κ2) is 7.10. The summed E-state index contributed by atoms with van der Waals surface area (Å²) in [5.41, 5.74) is 6.84. The topological polar surface area (TPSA) is 120 Å². The molecule has 0 amide bonds. The van der Waals surface area contributed by atoms with E-state index in [1.807, 2.05) is 24.3 Å². The van der Waals surface area contributed by atoms with Crippen molar-refractivity contribution in [3.05, 3.63) is 81.3 Å². The first kappa shape index (κ1) is 16.6. The van der Waals surface area contributed by atoms with Gasteiger partial charge in [-0.3, -0.25) is 15.1 Å². The third kappa shape index (κ3) is 3.81. The molecule has 126 valence electrons. The lowest BCUT2D eigenvalue weighted by Gasteiger charge is -2.19. The quantitative estimate of drug-likeness (QED) is 0.531. The van der Waals surface area contributed by atoms with Crippen molar-refractivity contribution in [1.29, 1.82) is 0 Å². The molecule has 25 heavy (non-hydrogen) atoms.